The van der Waals surface area contributed by atoms with E-state index in [4.69, 9.17) is 0 Å². The highest BCUT2D eigenvalue weighted by molar-refractivity contribution is 5.31. The summed E-state index contributed by atoms with van der Waals surface area (Å²) in [7, 11) is 1.99. The van der Waals surface area contributed by atoms with Gasteiger partial charge >= 0.3 is 0 Å². The Bertz CT molecular complexity index is 502. The number of hydrogen-bond donors (Lipinski definition) is 1. The largest absolute Gasteiger partial charge is 0.309 e. The number of nitrogens with zero attached hydrogens (tertiary/aromatic N) is 2. The molecule has 96 valence electrons. The molecule has 1 heterocycles. The molecule has 0 saturated heterocycles. The van der Waals surface area contributed by atoms with Crippen LogP contribution in [0.5, 0.6) is 0 Å². The normalized spacial score (nSPS) is 12.6. The third-order valence-electron chi connectivity index (χ3n) is 3.10. The third kappa shape index (κ3) is 2.79. The van der Waals surface area contributed by atoms with Gasteiger partial charge < -0.3 is 5.32 Å². The van der Waals surface area contributed by atoms with Crippen LogP contribution in [0.25, 0.3) is 0 Å². The number of aryl methyl sites for hydroxylation is 2. The molecule has 1 atom stereocenters. The van der Waals surface area contributed by atoms with Gasteiger partial charge in [-0.1, -0.05) is 36.8 Å². The number of rotatable bonds is 5. The lowest BCUT2D eigenvalue weighted by Gasteiger charge is -2.15. The smallest absolute Gasteiger partial charge is 0.0605 e. The summed E-state index contributed by atoms with van der Waals surface area (Å²) in [6, 6.07) is 8.82. The van der Waals surface area contributed by atoms with Gasteiger partial charge in [-0.3, -0.25) is 4.68 Å². The molecular formula is C15H21N3. The van der Waals surface area contributed by atoms with Crippen molar-refractivity contribution in [2.75, 3.05) is 7.05 Å². The Kier molecular flexibility index (Phi) is 4.15. The topological polar surface area (TPSA) is 29.9 Å². The van der Waals surface area contributed by atoms with Gasteiger partial charge in [0.2, 0.25) is 0 Å². The molecule has 0 spiro atoms. The van der Waals surface area contributed by atoms with Crippen LogP contribution in [0.15, 0.2) is 36.7 Å². The van der Waals surface area contributed by atoms with Crippen LogP contribution < -0.4 is 5.32 Å². The lowest BCUT2D eigenvalue weighted by atomic mass is 10.0. The van der Waals surface area contributed by atoms with Crippen LogP contribution in [0.2, 0.25) is 0 Å². The summed E-state index contributed by atoms with van der Waals surface area (Å²) in [4.78, 5) is 0. The minimum atomic E-state index is 0.218. The Morgan fingerprint density at radius 1 is 1.33 bits per heavy atom. The summed E-state index contributed by atoms with van der Waals surface area (Å²) in [6.45, 7) is 5.26. The van der Waals surface area contributed by atoms with E-state index in [9.17, 15) is 0 Å². The molecule has 0 radical (unpaired) electrons. The number of hydrogen-bond acceptors (Lipinski definition) is 2. The van der Waals surface area contributed by atoms with E-state index in [1.165, 1.54) is 16.7 Å². The second-order valence-corrected chi connectivity index (χ2v) is 4.67. The van der Waals surface area contributed by atoms with Gasteiger partial charge in [0, 0.05) is 18.3 Å². The van der Waals surface area contributed by atoms with Crippen molar-refractivity contribution in [2.24, 2.45) is 0 Å². The summed E-state index contributed by atoms with van der Waals surface area (Å²) in [5.41, 5.74) is 3.79. The standard InChI is InChI=1S/C15H21N3/c1-4-8-18-11-14(10-17-18)15(16-3)13-7-5-6-12(2)9-13/h5-7,9-11,15-16H,4,8H2,1-3H3. The average Bonchev–Trinajstić information content (AvgIpc) is 2.79. The monoisotopic (exact) mass is 243 g/mol. The fourth-order valence-corrected chi connectivity index (χ4v) is 2.26. The van der Waals surface area contributed by atoms with E-state index in [2.05, 4.69) is 54.7 Å². The van der Waals surface area contributed by atoms with Crippen molar-refractivity contribution in [3.63, 3.8) is 0 Å². The highest BCUT2D eigenvalue weighted by Crippen LogP contribution is 2.22. The van der Waals surface area contributed by atoms with E-state index in [1.54, 1.807) is 0 Å². The maximum Gasteiger partial charge on any atom is 0.0605 e. The first-order chi connectivity index (χ1) is 8.74. The van der Waals surface area contributed by atoms with Gasteiger partial charge in [0.15, 0.2) is 0 Å². The van der Waals surface area contributed by atoms with Crippen molar-refractivity contribution in [1.82, 2.24) is 15.1 Å². The molecule has 1 aromatic carbocycles. The molecule has 0 bridgehead atoms. The molecule has 1 unspecified atom stereocenters. The molecular weight excluding hydrogens is 222 g/mol. The zero-order chi connectivity index (χ0) is 13.0. The quantitative estimate of drug-likeness (QED) is 0.875. The van der Waals surface area contributed by atoms with Crippen molar-refractivity contribution in [3.05, 3.63) is 53.3 Å². The van der Waals surface area contributed by atoms with Crippen molar-refractivity contribution < 1.29 is 0 Å². The maximum atomic E-state index is 4.40. The van der Waals surface area contributed by atoms with Gasteiger partial charge in [-0.25, -0.2) is 0 Å². The van der Waals surface area contributed by atoms with E-state index in [1.807, 2.05) is 17.9 Å². The van der Waals surface area contributed by atoms with Crippen LogP contribution >= 0.6 is 0 Å². The number of nitrogens with one attached hydrogen (secondary N) is 1. The molecule has 18 heavy (non-hydrogen) atoms. The van der Waals surface area contributed by atoms with Gasteiger partial charge in [0.05, 0.1) is 12.2 Å². The molecule has 0 amide bonds. The van der Waals surface area contributed by atoms with Crippen molar-refractivity contribution in [2.45, 2.75) is 32.9 Å². The van der Waals surface area contributed by atoms with E-state index in [-0.39, 0.29) is 6.04 Å². The van der Waals surface area contributed by atoms with Crippen molar-refractivity contribution in [3.8, 4) is 0 Å². The fourth-order valence-electron chi connectivity index (χ4n) is 2.26. The summed E-state index contributed by atoms with van der Waals surface area (Å²) >= 11 is 0. The summed E-state index contributed by atoms with van der Waals surface area (Å²) in [6.07, 6.45) is 5.20. The third-order valence-corrected chi connectivity index (χ3v) is 3.10. The lowest BCUT2D eigenvalue weighted by molar-refractivity contribution is 0.600. The molecule has 0 saturated carbocycles. The van der Waals surface area contributed by atoms with Crippen LogP contribution in [0.4, 0.5) is 0 Å². The average molecular weight is 243 g/mol. The van der Waals surface area contributed by atoms with E-state index in [0.717, 1.165) is 13.0 Å². The van der Waals surface area contributed by atoms with Crippen LogP contribution in [-0.4, -0.2) is 16.8 Å². The number of benzene rings is 1. The Hall–Kier alpha value is -1.61. The van der Waals surface area contributed by atoms with Gasteiger partial charge in [-0.05, 0) is 26.0 Å². The Balaban J connectivity index is 2.27. The van der Waals surface area contributed by atoms with Crippen LogP contribution in [-0.2, 0) is 6.54 Å². The van der Waals surface area contributed by atoms with Gasteiger partial charge in [0.25, 0.3) is 0 Å². The zero-order valence-corrected chi connectivity index (χ0v) is 11.4. The first kappa shape index (κ1) is 12.8. The predicted molar refractivity (Wildman–Crippen MR) is 74.6 cm³/mol. The Morgan fingerprint density at radius 3 is 2.83 bits per heavy atom. The Labute approximate surface area is 109 Å². The minimum Gasteiger partial charge on any atom is -0.309 e. The molecule has 0 fully saturated rings. The van der Waals surface area contributed by atoms with E-state index >= 15 is 0 Å². The first-order valence-electron chi connectivity index (χ1n) is 6.50. The van der Waals surface area contributed by atoms with Crippen molar-refractivity contribution >= 4 is 0 Å². The molecule has 3 nitrogen and oxygen atoms in total. The number of aromatic nitrogens is 2. The van der Waals surface area contributed by atoms with Crippen molar-refractivity contribution in [1.29, 1.82) is 0 Å². The highest BCUT2D eigenvalue weighted by Gasteiger charge is 2.13. The maximum absolute atomic E-state index is 4.40. The van der Waals surface area contributed by atoms with Crippen LogP contribution in [0.3, 0.4) is 0 Å². The molecule has 3 heteroatoms. The Morgan fingerprint density at radius 2 is 2.17 bits per heavy atom. The second-order valence-electron chi connectivity index (χ2n) is 4.67. The molecule has 0 aliphatic rings. The second kappa shape index (κ2) is 5.83. The van der Waals surface area contributed by atoms with Crippen LogP contribution in [0.1, 0.15) is 36.1 Å². The highest BCUT2D eigenvalue weighted by atomic mass is 15.3. The SMILES string of the molecule is CCCn1cc(C(NC)c2cccc(C)c2)cn1. The van der Waals surface area contributed by atoms with Gasteiger partial charge in [0.1, 0.15) is 0 Å². The van der Waals surface area contributed by atoms with Gasteiger partial charge in [-0.15, -0.1) is 0 Å². The first-order valence-corrected chi connectivity index (χ1v) is 6.50. The minimum absolute atomic E-state index is 0.218. The van der Waals surface area contributed by atoms with Crippen LogP contribution in [0, 0.1) is 6.92 Å². The molecule has 2 rings (SSSR count). The lowest BCUT2D eigenvalue weighted by Crippen LogP contribution is -2.17. The predicted octanol–water partition coefficient (Wildman–Crippen LogP) is 2.91. The molecule has 1 N–H and O–H groups in total. The van der Waals surface area contributed by atoms with E-state index < -0.39 is 0 Å². The molecule has 0 aliphatic carbocycles. The molecule has 1 aromatic heterocycles. The van der Waals surface area contributed by atoms with E-state index in [0.29, 0.717) is 0 Å². The summed E-state index contributed by atoms with van der Waals surface area (Å²) in [5, 5.41) is 7.76. The zero-order valence-electron chi connectivity index (χ0n) is 11.4. The summed E-state index contributed by atoms with van der Waals surface area (Å²) < 4.78 is 2.01. The summed E-state index contributed by atoms with van der Waals surface area (Å²) in [5.74, 6) is 0. The molecule has 2 aromatic rings. The fraction of sp³-hybridized carbons (Fsp3) is 0.400. The molecule has 0 aliphatic heterocycles. The van der Waals surface area contributed by atoms with Gasteiger partial charge in [-0.2, -0.15) is 5.10 Å².